The maximum atomic E-state index is 13.3. The molecule has 0 aromatic rings. The van der Waals surface area contributed by atoms with Gasteiger partial charge in [-0.15, -0.1) is 0 Å². The molecule has 0 aromatic carbocycles. The van der Waals surface area contributed by atoms with Gasteiger partial charge in [0.25, 0.3) is 0 Å². The van der Waals surface area contributed by atoms with Crippen molar-refractivity contribution in [3.8, 4) is 0 Å². The van der Waals surface area contributed by atoms with Crippen molar-refractivity contribution >= 4 is 5.97 Å². The summed E-state index contributed by atoms with van der Waals surface area (Å²) in [5, 5.41) is 25.4. The lowest BCUT2D eigenvalue weighted by molar-refractivity contribution is -0.324. The number of piperidine rings is 1. The number of fused-ring (bicyclic) bond motifs is 2. The van der Waals surface area contributed by atoms with Crippen LogP contribution in [0.3, 0.4) is 0 Å². The third-order valence-electron chi connectivity index (χ3n) is 11.8. The molecule has 1 heterocycles. The molecule has 204 valence electrons. The minimum Gasteiger partial charge on any atom is -0.462 e. The Hall–Kier alpha value is -0.810. The highest BCUT2D eigenvalue weighted by Gasteiger charge is 2.92. The van der Waals surface area contributed by atoms with Crippen LogP contribution in [0.4, 0.5) is 0 Å². The van der Waals surface area contributed by atoms with Gasteiger partial charge in [0.2, 0.25) is 0 Å². The fourth-order valence-corrected chi connectivity index (χ4v) is 11.4. The van der Waals surface area contributed by atoms with Crippen LogP contribution in [0.1, 0.15) is 39.5 Å². The average molecular weight is 510 g/mol. The van der Waals surface area contributed by atoms with Crippen molar-refractivity contribution in [3.63, 3.8) is 0 Å². The van der Waals surface area contributed by atoms with Crippen LogP contribution in [0.15, 0.2) is 0 Å². The summed E-state index contributed by atoms with van der Waals surface area (Å²) in [6.45, 7) is 5.63. The molecule has 13 atom stereocenters. The van der Waals surface area contributed by atoms with E-state index in [0.717, 1.165) is 25.9 Å². The Morgan fingerprint density at radius 2 is 1.92 bits per heavy atom. The third kappa shape index (κ3) is 2.50. The van der Waals surface area contributed by atoms with Gasteiger partial charge in [-0.05, 0) is 31.7 Å². The first-order chi connectivity index (χ1) is 17.2. The van der Waals surface area contributed by atoms with Gasteiger partial charge >= 0.3 is 5.97 Å². The minimum absolute atomic E-state index is 0.0164. The molecule has 5 saturated carbocycles. The first kappa shape index (κ1) is 25.5. The van der Waals surface area contributed by atoms with E-state index in [1.54, 1.807) is 28.4 Å². The van der Waals surface area contributed by atoms with E-state index in [-0.39, 0.29) is 47.2 Å². The Morgan fingerprint density at radius 3 is 2.50 bits per heavy atom. The molecule has 9 nitrogen and oxygen atoms in total. The van der Waals surface area contributed by atoms with Gasteiger partial charge in [0.05, 0.1) is 31.0 Å². The number of methoxy groups -OCH3 is 4. The van der Waals surface area contributed by atoms with E-state index in [0.29, 0.717) is 19.4 Å². The summed E-state index contributed by atoms with van der Waals surface area (Å²) in [4.78, 5) is 14.7. The van der Waals surface area contributed by atoms with Gasteiger partial charge in [-0.25, -0.2) is 0 Å². The van der Waals surface area contributed by atoms with Gasteiger partial charge in [0.1, 0.15) is 17.3 Å². The van der Waals surface area contributed by atoms with Gasteiger partial charge in [-0.1, -0.05) is 6.92 Å². The number of aliphatic hydroxyl groups is 2. The predicted octanol–water partition coefficient (Wildman–Crippen LogP) is 0.842. The highest BCUT2D eigenvalue weighted by atomic mass is 16.6. The van der Waals surface area contributed by atoms with Crippen molar-refractivity contribution in [1.82, 2.24) is 4.90 Å². The van der Waals surface area contributed by atoms with Crippen LogP contribution < -0.4 is 0 Å². The van der Waals surface area contributed by atoms with E-state index in [2.05, 4.69) is 11.8 Å². The van der Waals surface area contributed by atoms with E-state index < -0.39 is 34.9 Å². The predicted molar refractivity (Wildman–Crippen MR) is 128 cm³/mol. The average Bonchev–Trinajstić information content (AvgIpc) is 3.22. The molecule has 1 spiro atoms. The lowest BCUT2D eigenvalue weighted by atomic mass is 9.42. The number of ether oxygens (including phenoxy) is 5. The summed E-state index contributed by atoms with van der Waals surface area (Å²) in [5.74, 6) is -0.764. The molecule has 2 N–H and O–H groups in total. The molecule has 0 amide bonds. The number of carbonyl (C=O) groups excluding carboxylic acids is 1. The van der Waals surface area contributed by atoms with E-state index in [9.17, 15) is 15.0 Å². The van der Waals surface area contributed by atoms with Crippen molar-refractivity contribution in [1.29, 1.82) is 0 Å². The number of hydrogen-bond acceptors (Lipinski definition) is 9. The summed E-state index contributed by atoms with van der Waals surface area (Å²) < 4.78 is 30.8. The standard InChI is InChI=1S/C27H43NO8/c1-7-28-12-24(13-32-3)9-8-18(30)26-16-10-15-17(33-4)11-25(35-6,19(16)20(15)36-14(2)29)27(31,23(26)28)22(34-5)21(24)26/h15-23,30-31H,7-13H2,1-6H3/t15-,16-,17+,18+,19-,20+,21-,22+,23+,24+,25-,26?,27-/m1/s1. The molecule has 6 rings (SSSR count). The molecule has 9 heteroatoms. The van der Waals surface area contributed by atoms with Crippen molar-refractivity contribution in [2.45, 2.75) is 81.2 Å². The zero-order valence-corrected chi connectivity index (χ0v) is 22.4. The van der Waals surface area contributed by atoms with Crippen LogP contribution in [-0.2, 0) is 28.5 Å². The third-order valence-corrected chi connectivity index (χ3v) is 11.8. The molecule has 5 aliphatic carbocycles. The fourth-order valence-electron chi connectivity index (χ4n) is 11.4. The maximum absolute atomic E-state index is 13.3. The molecule has 0 aromatic heterocycles. The van der Waals surface area contributed by atoms with E-state index in [1.807, 2.05) is 0 Å². The fraction of sp³-hybridized carbons (Fsp3) is 0.963. The molecule has 6 aliphatic rings. The van der Waals surface area contributed by atoms with Gasteiger partial charge < -0.3 is 33.9 Å². The van der Waals surface area contributed by atoms with Gasteiger partial charge in [0.15, 0.2) is 0 Å². The topological polar surface area (TPSA) is 107 Å². The first-order valence-electron chi connectivity index (χ1n) is 13.6. The van der Waals surface area contributed by atoms with E-state index >= 15 is 0 Å². The summed E-state index contributed by atoms with van der Waals surface area (Å²) in [6.07, 6.45) is 0.828. The minimum atomic E-state index is -1.44. The molecule has 1 unspecified atom stereocenters. The van der Waals surface area contributed by atoms with E-state index in [4.69, 9.17) is 23.7 Å². The quantitative estimate of drug-likeness (QED) is 0.483. The van der Waals surface area contributed by atoms with Gasteiger partial charge in [-0.3, -0.25) is 9.69 Å². The van der Waals surface area contributed by atoms with Gasteiger partial charge in [0, 0.05) is 76.9 Å². The van der Waals surface area contributed by atoms with Crippen molar-refractivity contribution in [3.05, 3.63) is 0 Å². The molecule has 1 saturated heterocycles. The number of rotatable bonds is 7. The summed E-state index contributed by atoms with van der Waals surface area (Å²) in [5.41, 5.74) is -3.41. The number of hydrogen-bond donors (Lipinski definition) is 2. The van der Waals surface area contributed by atoms with Gasteiger partial charge in [-0.2, -0.15) is 0 Å². The number of nitrogens with zero attached hydrogens (tertiary/aromatic N) is 1. The van der Waals surface area contributed by atoms with Crippen molar-refractivity contribution in [2.24, 2.45) is 34.5 Å². The summed E-state index contributed by atoms with van der Waals surface area (Å²) in [7, 11) is 6.77. The number of esters is 1. The highest BCUT2D eigenvalue weighted by molar-refractivity contribution is 5.66. The number of carbonyl (C=O) groups is 1. The Kier molecular flexibility index (Phi) is 5.73. The second-order valence-corrected chi connectivity index (χ2v) is 12.5. The second-order valence-electron chi connectivity index (χ2n) is 12.5. The Morgan fingerprint density at radius 1 is 1.17 bits per heavy atom. The van der Waals surface area contributed by atoms with Crippen LogP contribution in [0, 0.1) is 34.5 Å². The second kappa shape index (κ2) is 8.10. The largest absolute Gasteiger partial charge is 0.462 e. The molecular weight excluding hydrogens is 466 g/mol. The Bertz CT molecular complexity index is 918. The van der Waals surface area contributed by atoms with Crippen LogP contribution >= 0.6 is 0 Å². The molecule has 7 bridgehead atoms. The monoisotopic (exact) mass is 509 g/mol. The van der Waals surface area contributed by atoms with Crippen molar-refractivity contribution < 1.29 is 38.7 Å². The number of likely N-dealkylation sites (N-methyl/N-ethyl adjacent to an activating group) is 1. The van der Waals surface area contributed by atoms with Crippen LogP contribution in [0.2, 0.25) is 0 Å². The summed E-state index contributed by atoms with van der Waals surface area (Å²) >= 11 is 0. The molecule has 1 aliphatic heterocycles. The summed E-state index contributed by atoms with van der Waals surface area (Å²) in [6, 6.07) is -0.348. The smallest absolute Gasteiger partial charge is 0.302 e. The first-order valence-corrected chi connectivity index (χ1v) is 13.6. The molecule has 6 fully saturated rings. The highest BCUT2D eigenvalue weighted by Crippen LogP contribution is 2.80. The van der Waals surface area contributed by atoms with Crippen LogP contribution in [0.5, 0.6) is 0 Å². The Balaban J connectivity index is 1.67. The SMILES string of the molecule is CCN1C[C@]2(COC)CC[C@H](O)C34[C@@H]5C[C@H]6[C@H](OC(C)=O)[C@@H]5[C@](OC)(C[C@@H]6OC)[C@@](O)([C@@H](OC)[C@@H]32)[C@@H]14. The number of aliphatic hydroxyl groups excluding tert-OH is 1. The molecule has 36 heavy (non-hydrogen) atoms. The van der Waals surface area contributed by atoms with Crippen molar-refractivity contribution in [2.75, 3.05) is 48.1 Å². The lowest BCUT2D eigenvalue weighted by Gasteiger charge is -2.70. The normalized spacial score (nSPS) is 56.6. The number of likely N-dealkylation sites (tertiary alicyclic amines) is 1. The van der Waals surface area contributed by atoms with E-state index in [1.165, 1.54) is 6.92 Å². The Labute approximate surface area is 213 Å². The molecular formula is C27H43NO8. The molecule has 0 radical (unpaired) electrons. The van der Waals surface area contributed by atoms with Crippen LogP contribution in [0.25, 0.3) is 0 Å². The lowest BCUT2D eigenvalue weighted by Crippen LogP contribution is -2.82. The van der Waals surface area contributed by atoms with Crippen LogP contribution in [-0.4, -0.2) is 111 Å². The zero-order chi connectivity index (χ0) is 25.8. The maximum Gasteiger partial charge on any atom is 0.302 e. The zero-order valence-electron chi connectivity index (χ0n) is 22.4.